The van der Waals surface area contributed by atoms with E-state index in [0.29, 0.717) is 16.7 Å². The number of carbonyl (C=O) groups is 1. The van der Waals surface area contributed by atoms with Gasteiger partial charge in [0.1, 0.15) is 17.0 Å². The summed E-state index contributed by atoms with van der Waals surface area (Å²) in [6.07, 6.45) is -0.374. The van der Waals surface area contributed by atoms with E-state index in [1.807, 2.05) is 0 Å². The smallest absolute Gasteiger partial charge is 0.312 e. The highest BCUT2D eigenvalue weighted by atomic mass is 16.5. The molecule has 0 radical (unpaired) electrons. The molecule has 3 unspecified atom stereocenters. The summed E-state index contributed by atoms with van der Waals surface area (Å²) in [5.41, 5.74) is -1.59. The zero-order valence-corrected chi connectivity index (χ0v) is 14.1. The van der Waals surface area contributed by atoms with Gasteiger partial charge < -0.3 is 20.1 Å². The highest BCUT2D eigenvalue weighted by molar-refractivity contribution is 5.80. The van der Waals surface area contributed by atoms with Crippen molar-refractivity contribution in [2.24, 2.45) is 5.92 Å². The highest BCUT2D eigenvalue weighted by Crippen LogP contribution is 2.61. The second-order valence-corrected chi connectivity index (χ2v) is 7.11. The predicted molar refractivity (Wildman–Crippen MR) is 89.9 cm³/mol. The molecule has 3 aliphatic carbocycles. The Bertz CT molecular complexity index is 874. The van der Waals surface area contributed by atoms with Crippen LogP contribution in [0, 0.1) is 5.92 Å². The maximum absolute atomic E-state index is 12.7. The molecule has 0 saturated heterocycles. The molecule has 5 rings (SSSR count). The second kappa shape index (κ2) is 5.07. The van der Waals surface area contributed by atoms with Gasteiger partial charge in [-0.05, 0) is 36.6 Å². The van der Waals surface area contributed by atoms with Crippen molar-refractivity contribution in [3.8, 4) is 5.75 Å². The number of hydrogen-bond acceptors (Lipinski definition) is 5. The Labute approximate surface area is 145 Å². The Hall–Kier alpha value is -2.37. The molecule has 0 fully saturated rings. The number of hydrogen-bond donors (Lipinski definition) is 3. The van der Waals surface area contributed by atoms with E-state index in [-0.39, 0.29) is 23.8 Å². The molecule has 3 atom stereocenters. The quantitative estimate of drug-likeness (QED) is 0.729. The molecule has 0 spiro atoms. The number of phenolic OH excluding ortho intramolecular Hbond substituents is 1. The highest BCUT2D eigenvalue weighted by Gasteiger charge is 2.63. The van der Waals surface area contributed by atoms with Crippen LogP contribution in [0.15, 0.2) is 42.5 Å². The maximum Gasteiger partial charge on any atom is 0.312 e. The number of aromatic hydroxyl groups is 1. The van der Waals surface area contributed by atoms with Crippen LogP contribution in [-0.2, 0) is 20.7 Å². The Morgan fingerprint density at radius 1 is 1.08 bits per heavy atom. The van der Waals surface area contributed by atoms with Crippen LogP contribution in [0.1, 0.15) is 42.5 Å². The summed E-state index contributed by atoms with van der Waals surface area (Å²) in [4.78, 5) is 12.7. The van der Waals surface area contributed by atoms with E-state index in [0.717, 1.165) is 0 Å². The molecule has 3 N–H and O–H groups in total. The summed E-state index contributed by atoms with van der Waals surface area (Å²) in [5, 5.41) is 33.5. The Kier molecular flexibility index (Phi) is 3.27. The number of phenols is 1. The third-order valence-electron chi connectivity index (χ3n) is 5.29. The lowest BCUT2D eigenvalue weighted by molar-refractivity contribution is -0.170. The molecule has 5 nitrogen and oxygen atoms in total. The minimum Gasteiger partial charge on any atom is -0.508 e. The molecular formula is C20H20O5. The zero-order chi connectivity index (χ0) is 18.0. The van der Waals surface area contributed by atoms with Crippen molar-refractivity contribution in [1.29, 1.82) is 0 Å². The summed E-state index contributed by atoms with van der Waals surface area (Å²) in [7, 11) is 0. The van der Waals surface area contributed by atoms with E-state index >= 15 is 0 Å². The number of esters is 1. The van der Waals surface area contributed by atoms with Gasteiger partial charge in [-0.3, -0.25) is 4.79 Å². The Morgan fingerprint density at radius 3 is 2.40 bits per heavy atom. The number of benzene rings is 2. The average molecular weight is 340 g/mol. The maximum atomic E-state index is 12.7. The van der Waals surface area contributed by atoms with Crippen LogP contribution in [0.3, 0.4) is 0 Å². The van der Waals surface area contributed by atoms with Crippen LogP contribution in [0.4, 0.5) is 0 Å². The molecule has 25 heavy (non-hydrogen) atoms. The van der Waals surface area contributed by atoms with Gasteiger partial charge in [0.2, 0.25) is 0 Å². The van der Waals surface area contributed by atoms with E-state index in [2.05, 4.69) is 0 Å². The summed E-state index contributed by atoms with van der Waals surface area (Å²) >= 11 is 0. The minimum absolute atomic E-state index is 0.0450. The molecular weight excluding hydrogens is 320 g/mol. The van der Waals surface area contributed by atoms with Gasteiger partial charge >= 0.3 is 5.97 Å². The number of carbonyl (C=O) groups excluding carboxylic acids is 1. The number of rotatable bonds is 2. The van der Waals surface area contributed by atoms with Gasteiger partial charge in [-0.25, -0.2) is 0 Å². The molecule has 130 valence electrons. The first kappa shape index (κ1) is 16.1. The van der Waals surface area contributed by atoms with E-state index < -0.39 is 23.1 Å². The SMILES string of the molecule is CC(C)OC(=O)C1CC2(O)c3ccccc3C1(O)c1cccc(O)c12. The van der Waals surface area contributed by atoms with Crippen LogP contribution >= 0.6 is 0 Å². The zero-order valence-electron chi connectivity index (χ0n) is 14.1. The summed E-state index contributed by atoms with van der Waals surface area (Å²) in [6, 6.07) is 11.7. The Morgan fingerprint density at radius 2 is 1.72 bits per heavy atom. The van der Waals surface area contributed by atoms with Gasteiger partial charge in [-0.2, -0.15) is 0 Å². The topological polar surface area (TPSA) is 87.0 Å². The van der Waals surface area contributed by atoms with Crippen molar-refractivity contribution in [2.75, 3.05) is 0 Å². The lowest BCUT2D eigenvalue weighted by Crippen LogP contribution is -2.57. The normalized spacial score (nSPS) is 29.2. The summed E-state index contributed by atoms with van der Waals surface area (Å²) < 4.78 is 5.34. The monoisotopic (exact) mass is 340 g/mol. The second-order valence-electron chi connectivity index (χ2n) is 7.11. The first-order valence-electron chi connectivity index (χ1n) is 8.38. The minimum atomic E-state index is -1.65. The van der Waals surface area contributed by atoms with Gasteiger partial charge in [0, 0.05) is 12.0 Å². The summed E-state index contributed by atoms with van der Waals surface area (Å²) in [6.45, 7) is 3.48. The van der Waals surface area contributed by atoms with Crippen molar-refractivity contribution >= 4 is 5.97 Å². The average Bonchev–Trinajstić information content (AvgIpc) is 2.56. The first-order chi connectivity index (χ1) is 11.8. The standard InChI is InChI=1S/C20H20O5/c1-11(2)25-18(22)15-10-19(23)12-6-3-4-7-13(12)20(15,24)14-8-5-9-16(21)17(14)19/h3-9,11,15,21,23-24H,10H2,1-2H3. The third kappa shape index (κ3) is 1.94. The van der Waals surface area contributed by atoms with Crippen LogP contribution in [0.25, 0.3) is 0 Å². The van der Waals surface area contributed by atoms with Crippen molar-refractivity contribution in [3.63, 3.8) is 0 Å². The van der Waals surface area contributed by atoms with E-state index in [1.54, 1.807) is 50.2 Å². The number of ether oxygens (including phenoxy) is 1. The van der Waals surface area contributed by atoms with Gasteiger partial charge in [0.15, 0.2) is 0 Å². The summed E-state index contributed by atoms with van der Waals surface area (Å²) in [5.74, 6) is -1.60. The Balaban J connectivity index is 2.02. The van der Waals surface area contributed by atoms with E-state index in [9.17, 15) is 20.1 Å². The predicted octanol–water partition coefficient (Wildman–Crippen LogP) is 2.15. The molecule has 0 amide bonds. The molecule has 2 aromatic carbocycles. The van der Waals surface area contributed by atoms with Crippen molar-refractivity contribution in [2.45, 2.75) is 37.6 Å². The number of aliphatic hydroxyl groups is 2. The third-order valence-corrected chi connectivity index (χ3v) is 5.29. The van der Waals surface area contributed by atoms with Crippen molar-refractivity contribution in [1.82, 2.24) is 0 Å². The first-order valence-corrected chi connectivity index (χ1v) is 8.38. The van der Waals surface area contributed by atoms with Crippen LogP contribution in [0.5, 0.6) is 5.75 Å². The van der Waals surface area contributed by atoms with Gasteiger partial charge in [-0.15, -0.1) is 0 Å². The van der Waals surface area contributed by atoms with E-state index in [4.69, 9.17) is 4.74 Å². The van der Waals surface area contributed by atoms with E-state index in [1.165, 1.54) is 6.07 Å². The lowest BCUT2D eigenvalue weighted by atomic mass is 9.54. The largest absolute Gasteiger partial charge is 0.508 e. The fourth-order valence-electron chi connectivity index (χ4n) is 4.35. The molecule has 3 aliphatic rings. The van der Waals surface area contributed by atoms with Crippen LogP contribution in [-0.4, -0.2) is 27.4 Å². The molecule has 0 aliphatic heterocycles. The molecule has 0 aromatic heterocycles. The lowest BCUT2D eigenvalue weighted by Gasteiger charge is -2.53. The van der Waals surface area contributed by atoms with Gasteiger partial charge in [-0.1, -0.05) is 36.4 Å². The van der Waals surface area contributed by atoms with Crippen molar-refractivity contribution < 1.29 is 24.9 Å². The molecule has 0 saturated carbocycles. The van der Waals surface area contributed by atoms with Crippen molar-refractivity contribution in [3.05, 3.63) is 64.7 Å². The fraction of sp³-hybridized carbons (Fsp3) is 0.350. The van der Waals surface area contributed by atoms with Gasteiger partial charge in [0.25, 0.3) is 0 Å². The number of fused-ring (bicyclic) bond motifs is 1. The van der Waals surface area contributed by atoms with Gasteiger partial charge in [0.05, 0.1) is 12.0 Å². The molecule has 5 heteroatoms. The molecule has 2 bridgehead atoms. The molecule has 0 heterocycles. The molecule has 2 aromatic rings. The van der Waals surface area contributed by atoms with Crippen LogP contribution in [0.2, 0.25) is 0 Å². The fourth-order valence-corrected chi connectivity index (χ4v) is 4.35. The van der Waals surface area contributed by atoms with Crippen LogP contribution < -0.4 is 0 Å².